The number of nitrogens with one attached hydrogen (secondary N) is 2. The molecule has 32 heavy (non-hydrogen) atoms. The summed E-state index contributed by atoms with van der Waals surface area (Å²) in [6.45, 7) is 10.3. The molecule has 8 heteroatoms. The van der Waals surface area contributed by atoms with Crippen molar-refractivity contribution in [1.29, 1.82) is 0 Å². The van der Waals surface area contributed by atoms with E-state index in [2.05, 4.69) is 52.6 Å². The second-order valence-electron chi connectivity index (χ2n) is 7.59. The van der Waals surface area contributed by atoms with Crippen molar-refractivity contribution in [3.05, 3.63) is 53.2 Å². The first kappa shape index (κ1) is 23.8. The van der Waals surface area contributed by atoms with Gasteiger partial charge in [0, 0.05) is 50.6 Å². The molecule has 0 aliphatic carbocycles. The lowest BCUT2D eigenvalue weighted by Gasteiger charge is -2.29. The number of morpholine rings is 1. The van der Waals surface area contributed by atoms with Crippen LogP contribution in [0.25, 0.3) is 0 Å². The van der Waals surface area contributed by atoms with Gasteiger partial charge in [0.05, 0.1) is 26.4 Å². The number of benzene rings is 1. The molecule has 0 amide bonds. The molecule has 0 saturated carbocycles. The van der Waals surface area contributed by atoms with Crippen LogP contribution in [-0.4, -0.2) is 64.1 Å². The fourth-order valence-electron chi connectivity index (χ4n) is 3.47. The average molecular weight is 442 g/mol. The first-order valence-corrected chi connectivity index (χ1v) is 11.2. The SMILES string of the molecule is CCNC(=NCc1ccc(C)cc1OCCOC)NCc1cccnc1N1CCOCC1. The molecule has 3 rings (SSSR count). The van der Waals surface area contributed by atoms with Gasteiger partial charge in [-0.2, -0.15) is 0 Å². The predicted molar refractivity (Wildman–Crippen MR) is 127 cm³/mol. The minimum absolute atomic E-state index is 0.514. The zero-order valence-electron chi connectivity index (χ0n) is 19.4. The minimum atomic E-state index is 0.514. The molecule has 8 nitrogen and oxygen atoms in total. The van der Waals surface area contributed by atoms with E-state index in [0.29, 0.717) is 26.3 Å². The number of rotatable bonds is 10. The van der Waals surface area contributed by atoms with Gasteiger partial charge < -0.3 is 29.7 Å². The van der Waals surface area contributed by atoms with Crippen LogP contribution in [0.1, 0.15) is 23.6 Å². The Morgan fingerprint density at radius 3 is 2.78 bits per heavy atom. The Morgan fingerprint density at radius 1 is 1.16 bits per heavy atom. The summed E-state index contributed by atoms with van der Waals surface area (Å²) < 4.78 is 16.5. The monoisotopic (exact) mass is 441 g/mol. The molecule has 1 aromatic carbocycles. The van der Waals surface area contributed by atoms with E-state index in [1.54, 1.807) is 7.11 Å². The van der Waals surface area contributed by atoms with Gasteiger partial charge >= 0.3 is 0 Å². The fraction of sp³-hybridized carbons (Fsp3) is 0.500. The second kappa shape index (κ2) is 12.9. The van der Waals surface area contributed by atoms with Crippen molar-refractivity contribution in [3.63, 3.8) is 0 Å². The van der Waals surface area contributed by atoms with E-state index >= 15 is 0 Å². The Hall–Kier alpha value is -2.84. The third-order valence-electron chi connectivity index (χ3n) is 5.14. The van der Waals surface area contributed by atoms with Gasteiger partial charge in [0.15, 0.2) is 5.96 Å². The molecular weight excluding hydrogens is 406 g/mol. The van der Waals surface area contributed by atoms with Crippen molar-refractivity contribution in [2.24, 2.45) is 4.99 Å². The maximum absolute atomic E-state index is 5.90. The Kier molecular flexibility index (Phi) is 9.59. The molecule has 1 aliphatic rings. The molecule has 174 valence electrons. The molecule has 2 heterocycles. The summed E-state index contributed by atoms with van der Waals surface area (Å²) in [7, 11) is 1.67. The Bertz CT molecular complexity index is 868. The zero-order valence-corrected chi connectivity index (χ0v) is 19.4. The number of nitrogens with zero attached hydrogens (tertiary/aromatic N) is 3. The number of methoxy groups -OCH3 is 1. The van der Waals surface area contributed by atoms with Gasteiger partial charge in [0.2, 0.25) is 0 Å². The maximum atomic E-state index is 5.90. The highest BCUT2D eigenvalue weighted by molar-refractivity contribution is 5.80. The number of hydrogen-bond donors (Lipinski definition) is 2. The first-order chi connectivity index (χ1) is 15.7. The van der Waals surface area contributed by atoms with Crippen molar-refractivity contribution in [1.82, 2.24) is 15.6 Å². The van der Waals surface area contributed by atoms with E-state index in [1.807, 2.05) is 18.3 Å². The topological polar surface area (TPSA) is 80.2 Å². The Balaban J connectivity index is 1.68. The predicted octanol–water partition coefficient (Wildman–Crippen LogP) is 2.51. The molecule has 2 aromatic rings. The quantitative estimate of drug-likeness (QED) is 0.333. The highest BCUT2D eigenvalue weighted by Gasteiger charge is 2.16. The van der Waals surface area contributed by atoms with Crippen LogP contribution >= 0.6 is 0 Å². The van der Waals surface area contributed by atoms with E-state index < -0.39 is 0 Å². The average Bonchev–Trinajstić information content (AvgIpc) is 2.83. The van der Waals surface area contributed by atoms with Gasteiger partial charge in [-0.15, -0.1) is 0 Å². The Labute approximate surface area is 191 Å². The fourth-order valence-corrected chi connectivity index (χ4v) is 3.47. The van der Waals surface area contributed by atoms with E-state index in [-0.39, 0.29) is 0 Å². The summed E-state index contributed by atoms with van der Waals surface area (Å²) in [6, 6.07) is 10.3. The summed E-state index contributed by atoms with van der Waals surface area (Å²) in [5, 5.41) is 6.78. The van der Waals surface area contributed by atoms with Crippen molar-refractivity contribution < 1.29 is 14.2 Å². The number of guanidine groups is 1. The summed E-state index contributed by atoms with van der Waals surface area (Å²) in [5.41, 5.74) is 3.33. The summed E-state index contributed by atoms with van der Waals surface area (Å²) in [6.07, 6.45) is 1.84. The highest BCUT2D eigenvalue weighted by atomic mass is 16.5. The minimum Gasteiger partial charge on any atom is -0.491 e. The lowest BCUT2D eigenvalue weighted by Crippen LogP contribution is -2.39. The largest absolute Gasteiger partial charge is 0.491 e. The number of aliphatic imine (C=N–C) groups is 1. The zero-order chi connectivity index (χ0) is 22.6. The number of ether oxygens (including phenoxy) is 3. The summed E-state index contributed by atoms with van der Waals surface area (Å²) >= 11 is 0. The molecule has 0 atom stereocenters. The van der Waals surface area contributed by atoms with Crippen LogP contribution in [0.2, 0.25) is 0 Å². The molecule has 1 saturated heterocycles. The van der Waals surface area contributed by atoms with E-state index in [4.69, 9.17) is 19.2 Å². The summed E-state index contributed by atoms with van der Waals surface area (Å²) in [5.74, 6) is 2.61. The normalized spacial score (nSPS) is 14.3. The standard InChI is InChI=1S/C24H35N5O3/c1-4-25-24(27-17-20-8-7-19(2)16-22(20)32-15-14-30-3)28-18-21-6-5-9-26-23(21)29-10-12-31-13-11-29/h5-9,16H,4,10-15,17-18H2,1-3H3,(H2,25,27,28). The van der Waals surface area contributed by atoms with Gasteiger partial charge in [0.25, 0.3) is 0 Å². The van der Waals surface area contributed by atoms with Gasteiger partial charge in [0.1, 0.15) is 18.2 Å². The van der Waals surface area contributed by atoms with Crippen LogP contribution < -0.4 is 20.3 Å². The Morgan fingerprint density at radius 2 is 2.00 bits per heavy atom. The van der Waals surface area contributed by atoms with Crippen molar-refractivity contribution >= 4 is 11.8 Å². The lowest BCUT2D eigenvalue weighted by atomic mass is 10.1. The molecule has 0 bridgehead atoms. The molecule has 0 radical (unpaired) electrons. The number of pyridine rings is 1. The molecule has 2 N–H and O–H groups in total. The molecular formula is C24H35N5O3. The van der Waals surface area contributed by atoms with Crippen LogP contribution in [0.15, 0.2) is 41.5 Å². The number of aromatic nitrogens is 1. The number of hydrogen-bond acceptors (Lipinski definition) is 6. The molecule has 1 aromatic heterocycles. The lowest BCUT2D eigenvalue weighted by molar-refractivity contribution is 0.122. The van der Waals surface area contributed by atoms with Gasteiger partial charge in [-0.05, 0) is 31.5 Å². The second-order valence-corrected chi connectivity index (χ2v) is 7.59. The third kappa shape index (κ3) is 7.10. The van der Waals surface area contributed by atoms with Crippen LogP contribution in [0.3, 0.4) is 0 Å². The van der Waals surface area contributed by atoms with Crippen LogP contribution in [0.5, 0.6) is 5.75 Å². The van der Waals surface area contributed by atoms with Gasteiger partial charge in [-0.25, -0.2) is 9.98 Å². The van der Waals surface area contributed by atoms with Crippen molar-refractivity contribution in [2.75, 3.05) is 58.1 Å². The van der Waals surface area contributed by atoms with Gasteiger partial charge in [-0.3, -0.25) is 0 Å². The smallest absolute Gasteiger partial charge is 0.191 e. The van der Waals surface area contributed by atoms with Crippen LogP contribution in [0.4, 0.5) is 5.82 Å². The third-order valence-corrected chi connectivity index (χ3v) is 5.14. The maximum Gasteiger partial charge on any atom is 0.191 e. The van der Waals surface area contributed by atoms with Gasteiger partial charge in [-0.1, -0.05) is 18.2 Å². The number of aryl methyl sites for hydroxylation is 1. The van der Waals surface area contributed by atoms with Crippen molar-refractivity contribution in [2.45, 2.75) is 26.9 Å². The highest BCUT2D eigenvalue weighted by Crippen LogP contribution is 2.21. The van der Waals surface area contributed by atoms with E-state index in [9.17, 15) is 0 Å². The molecule has 0 spiro atoms. The first-order valence-electron chi connectivity index (χ1n) is 11.2. The van der Waals surface area contributed by atoms with E-state index in [0.717, 1.165) is 67.1 Å². The van der Waals surface area contributed by atoms with Crippen molar-refractivity contribution in [3.8, 4) is 5.75 Å². The van der Waals surface area contributed by atoms with Crippen LogP contribution in [-0.2, 0) is 22.6 Å². The van der Waals surface area contributed by atoms with E-state index in [1.165, 1.54) is 0 Å². The number of anilines is 1. The molecule has 1 aliphatic heterocycles. The molecule has 0 unspecified atom stereocenters. The molecule has 1 fully saturated rings. The summed E-state index contributed by atoms with van der Waals surface area (Å²) in [4.78, 5) is 11.7. The van der Waals surface area contributed by atoms with Crippen LogP contribution in [0, 0.1) is 6.92 Å².